The van der Waals surface area contributed by atoms with Crippen LogP contribution in [0.2, 0.25) is 0 Å². The molecule has 0 aliphatic carbocycles. The zero-order chi connectivity index (χ0) is 23.7. The van der Waals surface area contributed by atoms with E-state index in [-0.39, 0.29) is 23.4 Å². The number of aromatic nitrogens is 1. The highest BCUT2D eigenvalue weighted by Gasteiger charge is 2.23. The standard InChI is InChI=1S/C26H23N3O4/c1-16-8-10-19-13-21(25(30)27-23(19)11-16)15-28(24-12-17(2)7-9-18(24)3)26(31)20-5-4-6-22(14-20)29(32)33/h4-14H,15H2,1-3H3,(H,27,30). The Balaban J connectivity index is 1.83. The van der Waals surface area contributed by atoms with E-state index in [1.54, 1.807) is 12.1 Å². The lowest BCUT2D eigenvalue weighted by molar-refractivity contribution is -0.384. The summed E-state index contributed by atoms with van der Waals surface area (Å²) < 4.78 is 0. The van der Waals surface area contributed by atoms with Gasteiger partial charge >= 0.3 is 0 Å². The molecule has 4 rings (SSSR count). The number of fused-ring (bicyclic) bond motifs is 1. The van der Waals surface area contributed by atoms with Gasteiger partial charge in [0, 0.05) is 34.5 Å². The van der Waals surface area contributed by atoms with Gasteiger partial charge in [0.15, 0.2) is 0 Å². The maximum absolute atomic E-state index is 13.6. The summed E-state index contributed by atoms with van der Waals surface area (Å²) in [6, 6.07) is 18.9. The van der Waals surface area contributed by atoms with Crippen molar-refractivity contribution in [2.75, 3.05) is 4.90 Å². The van der Waals surface area contributed by atoms with Crippen molar-refractivity contribution in [2.45, 2.75) is 27.3 Å². The van der Waals surface area contributed by atoms with E-state index in [0.717, 1.165) is 27.6 Å². The molecular formula is C26H23N3O4. The number of benzene rings is 3. The number of hydrogen-bond acceptors (Lipinski definition) is 4. The van der Waals surface area contributed by atoms with Gasteiger partial charge in [-0.05, 0) is 67.1 Å². The molecule has 1 heterocycles. The molecule has 166 valence electrons. The average molecular weight is 441 g/mol. The number of amides is 1. The molecule has 0 aliphatic rings. The Kier molecular flexibility index (Phi) is 5.79. The monoisotopic (exact) mass is 441 g/mol. The van der Waals surface area contributed by atoms with E-state index in [9.17, 15) is 19.7 Å². The molecular weight excluding hydrogens is 418 g/mol. The summed E-state index contributed by atoms with van der Waals surface area (Å²) in [7, 11) is 0. The van der Waals surface area contributed by atoms with E-state index in [1.807, 2.05) is 57.2 Å². The van der Waals surface area contributed by atoms with Gasteiger partial charge in [-0.25, -0.2) is 0 Å². The van der Waals surface area contributed by atoms with Gasteiger partial charge in [0.25, 0.3) is 17.2 Å². The first-order chi connectivity index (χ1) is 15.7. The summed E-state index contributed by atoms with van der Waals surface area (Å²) >= 11 is 0. The fourth-order valence-corrected chi connectivity index (χ4v) is 3.83. The molecule has 1 amide bonds. The van der Waals surface area contributed by atoms with Gasteiger partial charge in [0.2, 0.25) is 0 Å². The number of nitrogens with one attached hydrogen (secondary N) is 1. The smallest absolute Gasteiger partial charge is 0.270 e. The quantitative estimate of drug-likeness (QED) is 0.340. The summed E-state index contributed by atoms with van der Waals surface area (Å²) in [6.07, 6.45) is 0. The number of nitrogens with zero attached hydrogens (tertiary/aromatic N) is 2. The number of H-pyrrole nitrogens is 1. The highest BCUT2D eigenvalue weighted by atomic mass is 16.6. The van der Waals surface area contributed by atoms with Crippen molar-refractivity contribution in [1.82, 2.24) is 4.98 Å². The number of nitro benzene ring substituents is 1. The lowest BCUT2D eigenvalue weighted by Gasteiger charge is -2.25. The second kappa shape index (κ2) is 8.70. The minimum atomic E-state index is -0.533. The van der Waals surface area contributed by atoms with E-state index in [0.29, 0.717) is 11.3 Å². The van der Waals surface area contributed by atoms with E-state index in [2.05, 4.69) is 4.98 Å². The molecule has 0 radical (unpaired) electrons. The van der Waals surface area contributed by atoms with Crippen LogP contribution in [0.25, 0.3) is 10.9 Å². The van der Waals surface area contributed by atoms with Crippen molar-refractivity contribution < 1.29 is 9.72 Å². The molecule has 0 unspecified atom stereocenters. The maximum atomic E-state index is 13.6. The van der Waals surface area contributed by atoms with Crippen LogP contribution in [0.4, 0.5) is 11.4 Å². The summed E-state index contributed by atoms with van der Waals surface area (Å²) in [5, 5.41) is 12.1. The SMILES string of the molecule is Cc1ccc(C)c(N(Cc2cc3ccc(C)cc3[nH]c2=O)C(=O)c2cccc([N+](=O)[O-])c2)c1. The summed E-state index contributed by atoms with van der Waals surface area (Å²) in [6.45, 7) is 5.77. The third kappa shape index (κ3) is 4.52. The minimum Gasteiger partial charge on any atom is -0.322 e. The number of pyridine rings is 1. The van der Waals surface area contributed by atoms with Crippen molar-refractivity contribution in [2.24, 2.45) is 0 Å². The van der Waals surface area contributed by atoms with Crippen molar-refractivity contribution >= 4 is 28.2 Å². The molecule has 0 aliphatic heterocycles. The fraction of sp³-hybridized carbons (Fsp3) is 0.154. The van der Waals surface area contributed by atoms with E-state index >= 15 is 0 Å². The van der Waals surface area contributed by atoms with Crippen LogP contribution >= 0.6 is 0 Å². The van der Waals surface area contributed by atoms with Crippen LogP contribution in [0.15, 0.2) is 71.5 Å². The number of nitro groups is 1. The second-order valence-electron chi connectivity index (χ2n) is 8.20. The van der Waals surface area contributed by atoms with Crippen LogP contribution in [0, 0.1) is 30.9 Å². The lowest BCUT2D eigenvalue weighted by Crippen LogP contribution is -2.33. The minimum absolute atomic E-state index is 0.0188. The summed E-state index contributed by atoms with van der Waals surface area (Å²) in [5.41, 5.74) is 4.37. The predicted octanol–water partition coefficient (Wildman–Crippen LogP) is 5.21. The average Bonchev–Trinajstić information content (AvgIpc) is 2.79. The topological polar surface area (TPSA) is 96.3 Å². The Hall–Kier alpha value is -4.26. The maximum Gasteiger partial charge on any atom is 0.270 e. The molecule has 3 aromatic carbocycles. The molecule has 1 aromatic heterocycles. The van der Waals surface area contributed by atoms with E-state index in [4.69, 9.17) is 0 Å². The largest absolute Gasteiger partial charge is 0.322 e. The van der Waals surface area contributed by atoms with Gasteiger partial charge < -0.3 is 9.88 Å². The zero-order valence-corrected chi connectivity index (χ0v) is 18.6. The molecule has 0 bridgehead atoms. The van der Waals surface area contributed by atoms with Gasteiger partial charge in [0.05, 0.1) is 11.5 Å². The highest BCUT2D eigenvalue weighted by molar-refractivity contribution is 6.06. The van der Waals surface area contributed by atoms with Crippen LogP contribution < -0.4 is 10.5 Å². The molecule has 7 nitrogen and oxygen atoms in total. The number of carbonyl (C=O) groups is 1. The van der Waals surface area contributed by atoms with Crippen LogP contribution in [0.3, 0.4) is 0 Å². The Labute approximate surface area is 190 Å². The number of anilines is 1. The normalized spacial score (nSPS) is 10.9. The van der Waals surface area contributed by atoms with Crippen LogP contribution in [0.1, 0.15) is 32.6 Å². The molecule has 0 spiro atoms. The van der Waals surface area contributed by atoms with Crippen LogP contribution in [-0.2, 0) is 6.54 Å². The number of non-ortho nitro benzene ring substituents is 1. The van der Waals surface area contributed by atoms with E-state index < -0.39 is 10.8 Å². The first-order valence-electron chi connectivity index (χ1n) is 10.5. The molecule has 4 aromatic rings. The molecule has 0 saturated heterocycles. The highest BCUT2D eigenvalue weighted by Crippen LogP contribution is 2.26. The third-order valence-corrected chi connectivity index (χ3v) is 5.61. The van der Waals surface area contributed by atoms with Crippen LogP contribution in [-0.4, -0.2) is 15.8 Å². The van der Waals surface area contributed by atoms with Gasteiger partial charge in [-0.15, -0.1) is 0 Å². The van der Waals surface area contributed by atoms with E-state index in [1.165, 1.54) is 23.1 Å². The lowest BCUT2D eigenvalue weighted by atomic mass is 10.1. The van der Waals surface area contributed by atoms with Gasteiger partial charge in [-0.3, -0.25) is 19.7 Å². The fourth-order valence-electron chi connectivity index (χ4n) is 3.83. The first-order valence-corrected chi connectivity index (χ1v) is 10.5. The predicted molar refractivity (Wildman–Crippen MR) is 129 cm³/mol. The first kappa shape index (κ1) is 22.0. The Bertz CT molecular complexity index is 1460. The summed E-state index contributed by atoms with van der Waals surface area (Å²) in [4.78, 5) is 41.6. The molecule has 0 fully saturated rings. The number of aromatic amines is 1. The number of rotatable bonds is 5. The Morgan fingerprint density at radius 2 is 1.70 bits per heavy atom. The Morgan fingerprint density at radius 3 is 2.45 bits per heavy atom. The summed E-state index contributed by atoms with van der Waals surface area (Å²) in [5.74, 6) is -0.421. The Morgan fingerprint density at radius 1 is 0.970 bits per heavy atom. The zero-order valence-electron chi connectivity index (χ0n) is 18.6. The van der Waals surface area contributed by atoms with Crippen molar-refractivity contribution in [3.63, 3.8) is 0 Å². The number of hydrogen-bond donors (Lipinski definition) is 1. The van der Waals surface area contributed by atoms with Crippen molar-refractivity contribution in [3.05, 3.63) is 115 Å². The van der Waals surface area contributed by atoms with Gasteiger partial charge in [-0.2, -0.15) is 0 Å². The number of carbonyl (C=O) groups excluding carboxylic acids is 1. The molecule has 0 saturated carbocycles. The van der Waals surface area contributed by atoms with Crippen molar-refractivity contribution in [1.29, 1.82) is 0 Å². The molecule has 1 N–H and O–H groups in total. The molecule has 7 heteroatoms. The van der Waals surface area contributed by atoms with Gasteiger partial charge in [0.1, 0.15) is 0 Å². The third-order valence-electron chi connectivity index (χ3n) is 5.61. The number of aryl methyl sites for hydroxylation is 3. The van der Waals surface area contributed by atoms with Crippen LogP contribution in [0.5, 0.6) is 0 Å². The van der Waals surface area contributed by atoms with Gasteiger partial charge in [-0.1, -0.05) is 30.3 Å². The second-order valence-corrected chi connectivity index (χ2v) is 8.20. The molecule has 33 heavy (non-hydrogen) atoms. The van der Waals surface area contributed by atoms with Crippen molar-refractivity contribution in [3.8, 4) is 0 Å². The molecule has 0 atom stereocenters.